The van der Waals surface area contributed by atoms with Crippen LogP contribution in [0.15, 0.2) is 91.0 Å². The van der Waals surface area contributed by atoms with Crippen molar-refractivity contribution in [3.8, 4) is 0 Å². The van der Waals surface area contributed by atoms with Crippen molar-refractivity contribution < 1.29 is 31.5 Å². The fourth-order valence-electron chi connectivity index (χ4n) is 3.13. The summed E-state index contributed by atoms with van der Waals surface area (Å²) in [4.78, 5) is 33.9. The van der Waals surface area contributed by atoms with Crippen molar-refractivity contribution >= 4 is 42.0 Å². The lowest BCUT2D eigenvalue weighted by atomic mass is 10.4. The molecule has 1 aliphatic heterocycles. The van der Waals surface area contributed by atoms with Crippen molar-refractivity contribution in [2.75, 3.05) is 13.2 Å². The summed E-state index contributed by atoms with van der Waals surface area (Å²) in [5.41, 5.74) is 0. The van der Waals surface area contributed by atoms with Gasteiger partial charge in [0, 0.05) is 28.8 Å². The molecule has 7 nitrogen and oxygen atoms in total. The normalized spacial score (nSPS) is 27.3. The van der Waals surface area contributed by atoms with Crippen LogP contribution in [0.3, 0.4) is 0 Å². The van der Waals surface area contributed by atoms with Crippen LogP contribution >= 0.6 is 0 Å². The van der Waals surface area contributed by atoms with E-state index in [4.69, 9.17) is 17.1 Å². The lowest BCUT2D eigenvalue weighted by molar-refractivity contribution is 0.0928. The molecule has 1 aliphatic rings. The summed E-state index contributed by atoms with van der Waals surface area (Å²) in [5.74, 6) is 0. The minimum absolute atomic E-state index is 0.386. The molecule has 4 rings (SSSR count). The fourth-order valence-corrected chi connectivity index (χ4v) is 13.9. The molecule has 3 aromatic rings. The van der Waals surface area contributed by atoms with Gasteiger partial charge in [0.15, 0.2) is 0 Å². The average molecular weight is 489 g/mol. The van der Waals surface area contributed by atoms with E-state index >= 15 is 0 Å². The van der Waals surface area contributed by atoms with Crippen LogP contribution in [-0.4, -0.2) is 54.0 Å². The Hall–Kier alpha value is -1.97. The first-order chi connectivity index (χ1) is 15.4. The molecule has 1 heterocycles. The van der Waals surface area contributed by atoms with Gasteiger partial charge in [0.25, 0.3) is 0 Å². The Balaban J connectivity index is 0.000000523. The van der Waals surface area contributed by atoms with Crippen LogP contribution in [0.4, 0.5) is 0 Å². The number of hydrogen-bond donors (Lipinski definition) is 3. The Bertz CT molecular complexity index is 831. The zero-order valence-electron chi connectivity index (χ0n) is 18.0. The maximum atomic E-state index is 11.3. The Kier molecular flexibility index (Phi) is 8.30. The molecule has 0 unspecified atom stereocenters. The second-order valence-corrected chi connectivity index (χ2v) is 14.6. The zero-order chi connectivity index (χ0) is 23.1. The molecule has 3 aromatic carbocycles. The second-order valence-electron chi connectivity index (χ2n) is 6.93. The second kappa shape index (κ2) is 10.8. The molecule has 3 N–H and O–H groups in total. The molecule has 0 aromatic heterocycles. The molecule has 0 amide bonds. The number of benzene rings is 3. The number of hydrogen-bond acceptors (Lipinski definition) is 7. The summed E-state index contributed by atoms with van der Waals surface area (Å²) in [7, 11) is -12.5. The fraction of sp³-hybridized carbons (Fsp3) is 0.182. The lowest BCUT2D eigenvalue weighted by Crippen LogP contribution is -2.80. The first kappa shape index (κ1) is 24.7. The summed E-state index contributed by atoms with van der Waals surface area (Å²) in [6.45, 7) is 5.67. The average Bonchev–Trinajstić information content (AvgIpc) is 2.81. The molecule has 0 spiro atoms. The van der Waals surface area contributed by atoms with E-state index in [-0.39, 0.29) is 0 Å². The van der Waals surface area contributed by atoms with E-state index in [9.17, 15) is 14.4 Å². The van der Waals surface area contributed by atoms with Gasteiger partial charge >= 0.3 is 26.4 Å². The molecule has 10 heteroatoms. The Morgan fingerprint density at radius 1 is 0.531 bits per heavy atom. The van der Waals surface area contributed by atoms with E-state index in [2.05, 4.69) is 0 Å². The highest BCUT2D eigenvalue weighted by Crippen LogP contribution is 2.26. The summed E-state index contributed by atoms with van der Waals surface area (Å²) in [6, 6.07) is 25.7. The van der Waals surface area contributed by atoms with Crippen molar-refractivity contribution in [3.63, 3.8) is 0 Å². The Labute approximate surface area is 191 Å². The SMILES string of the molecule is CCOCC.O[Si]1(c2ccccc2)O[Si](O)(c2ccccc2)O[Si](O)(c2ccccc2)O1. The zero-order valence-corrected chi connectivity index (χ0v) is 21.0. The van der Waals surface area contributed by atoms with Crippen molar-refractivity contribution in [1.82, 2.24) is 0 Å². The third-order valence-electron chi connectivity index (χ3n) is 4.65. The molecular weight excluding hydrogens is 460 g/mol. The van der Waals surface area contributed by atoms with E-state index in [0.29, 0.717) is 15.6 Å². The topological polar surface area (TPSA) is 97.6 Å². The van der Waals surface area contributed by atoms with E-state index in [1.807, 2.05) is 13.8 Å². The van der Waals surface area contributed by atoms with Crippen LogP contribution < -0.4 is 15.6 Å². The molecule has 32 heavy (non-hydrogen) atoms. The van der Waals surface area contributed by atoms with Gasteiger partial charge in [-0.05, 0) is 13.8 Å². The van der Waals surface area contributed by atoms with Gasteiger partial charge in [-0.3, -0.25) is 0 Å². The van der Waals surface area contributed by atoms with Crippen molar-refractivity contribution in [2.24, 2.45) is 0 Å². The van der Waals surface area contributed by atoms with Crippen LogP contribution in [0.5, 0.6) is 0 Å². The minimum atomic E-state index is -4.15. The monoisotopic (exact) mass is 488 g/mol. The summed E-state index contributed by atoms with van der Waals surface area (Å²) in [5, 5.41) is 1.16. The van der Waals surface area contributed by atoms with Crippen LogP contribution in [0.1, 0.15) is 13.8 Å². The van der Waals surface area contributed by atoms with Crippen LogP contribution in [0.25, 0.3) is 0 Å². The third-order valence-corrected chi connectivity index (χ3v) is 14.5. The molecule has 1 saturated heterocycles. The van der Waals surface area contributed by atoms with Gasteiger partial charge in [-0.15, -0.1) is 0 Å². The summed E-state index contributed by atoms with van der Waals surface area (Å²) in [6.07, 6.45) is 0. The van der Waals surface area contributed by atoms with E-state index in [1.54, 1.807) is 91.0 Å². The highest BCUT2D eigenvalue weighted by atomic mass is 28.5. The molecular formula is C22H28O7Si3. The van der Waals surface area contributed by atoms with Gasteiger partial charge in [-0.25, -0.2) is 0 Å². The third kappa shape index (κ3) is 5.68. The first-order valence-corrected chi connectivity index (χ1v) is 15.7. The quantitative estimate of drug-likeness (QED) is 0.453. The lowest BCUT2D eigenvalue weighted by Gasteiger charge is -2.44. The molecule has 1 fully saturated rings. The van der Waals surface area contributed by atoms with Crippen LogP contribution in [0.2, 0.25) is 0 Å². The van der Waals surface area contributed by atoms with Gasteiger partial charge in [0.05, 0.1) is 0 Å². The van der Waals surface area contributed by atoms with Crippen LogP contribution in [-0.2, 0) is 17.1 Å². The van der Waals surface area contributed by atoms with E-state index in [0.717, 1.165) is 13.2 Å². The summed E-state index contributed by atoms with van der Waals surface area (Å²) < 4.78 is 22.1. The molecule has 0 radical (unpaired) electrons. The molecule has 0 bridgehead atoms. The maximum Gasteiger partial charge on any atom is 0.520 e. The smallest absolute Gasteiger partial charge is 0.387 e. The van der Waals surface area contributed by atoms with Crippen molar-refractivity contribution in [2.45, 2.75) is 13.8 Å². The summed E-state index contributed by atoms with van der Waals surface area (Å²) >= 11 is 0. The highest BCUT2D eigenvalue weighted by molar-refractivity contribution is 6.99. The highest BCUT2D eigenvalue weighted by Gasteiger charge is 2.66. The molecule has 0 aliphatic carbocycles. The predicted molar refractivity (Wildman–Crippen MR) is 128 cm³/mol. The molecule has 170 valence electrons. The first-order valence-electron chi connectivity index (χ1n) is 10.4. The number of rotatable bonds is 5. The van der Waals surface area contributed by atoms with Crippen molar-refractivity contribution in [3.05, 3.63) is 91.0 Å². The minimum Gasteiger partial charge on any atom is -0.387 e. The Morgan fingerprint density at radius 2 is 0.781 bits per heavy atom. The van der Waals surface area contributed by atoms with Gasteiger partial charge in [0.2, 0.25) is 0 Å². The van der Waals surface area contributed by atoms with E-state index < -0.39 is 26.4 Å². The van der Waals surface area contributed by atoms with E-state index in [1.165, 1.54) is 0 Å². The molecule has 0 atom stereocenters. The predicted octanol–water partition coefficient (Wildman–Crippen LogP) is 0.608. The maximum absolute atomic E-state index is 11.3. The van der Waals surface area contributed by atoms with Gasteiger partial charge in [0.1, 0.15) is 0 Å². The van der Waals surface area contributed by atoms with Gasteiger partial charge in [-0.1, -0.05) is 91.0 Å². The van der Waals surface area contributed by atoms with Gasteiger partial charge in [-0.2, -0.15) is 0 Å². The van der Waals surface area contributed by atoms with Crippen LogP contribution in [0, 0.1) is 0 Å². The largest absolute Gasteiger partial charge is 0.520 e. The van der Waals surface area contributed by atoms with Crippen molar-refractivity contribution in [1.29, 1.82) is 0 Å². The molecule has 0 saturated carbocycles. The number of ether oxygens (including phenoxy) is 1. The standard InChI is InChI=1S/C18H18O6Si3.C4H10O/c19-25(16-10-4-1-5-11-16)22-26(20,17-12-6-2-7-13-17)24-27(21,23-25)18-14-8-3-9-15-18;1-3-5-4-2/h1-15,19-21H;3-4H2,1-2H3. The Morgan fingerprint density at radius 3 is 0.969 bits per heavy atom. The van der Waals surface area contributed by atoms with Gasteiger partial charge < -0.3 is 31.5 Å².